The lowest BCUT2D eigenvalue weighted by Crippen LogP contribution is -2.16. The predicted octanol–water partition coefficient (Wildman–Crippen LogP) is 4.26. The number of nitrogens with one attached hydrogen (secondary N) is 1. The fraction of sp³-hybridized carbons (Fsp3) is 0.211. The van der Waals surface area contributed by atoms with Crippen molar-refractivity contribution in [3.63, 3.8) is 0 Å². The van der Waals surface area contributed by atoms with E-state index < -0.39 is 12.3 Å². The summed E-state index contributed by atoms with van der Waals surface area (Å²) in [6.07, 6.45) is -2.06. The van der Waals surface area contributed by atoms with E-state index in [2.05, 4.69) is 10.1 Å². The Kier molecular flexibility index (Phi) is 6.75. The number of carbonyl (C=O) groups excluding carboxylic acids is 1. The fourth-order valence-corrected chi connectivity index (χ4v) is 2.29. The quantitative estimate of drug-likeness (QED) is 0.707. The number of rotatable bonds is 7. The number of amides is 1. The van der Waals surface area contributed by atoms with Crippen molar-refractivity contribution in [1.82, 2.24) is 0 Å². The van der Waals surface area contributed by atoms with Gasteiger partial charge in [-0.15, -0.1) is 13.2 Å². The lowest BCUT2D eigenvalue weighted by Gasteiger charge is -2.14. The summed E-state index contributed by atoms with van der Waals surface area (Å²) in [4.78, 5) is 12.1. The Morgan fingerprint density at radius 2 is 1.54 bits per heavy atom. The standard InChI is InChI=1S/C19H18F3NO5/c1-25-15-10-13(11-16(26-2)18(15)27-3)23-17(24)9-6-12-4-7-14(8-5-12)28-19(20,21)22/h4-11H,1-3H3,(H,23,24)/b9-6+. The zero-order valence-electron chi connectivity index (χ0n) is 15.3. The molecule has 2 rings (SSSR count). The molecule has 0 saturated carbocycles. The van der Waals surface area contributed by atoms with Gasteiger partial charge in [0, 0.05) is 23.9 Å². The van der Waals surface area contributed by atoms with Crippen LogP contribution in [0.4, 0.5) is 18.9 Å². The Labute approximate surface area is 159 Å². The average molecular weight is 397 g/mol. The molecule has 2 aromatic rings. The second-order valence-corrected chi connectivity index (χ2v) is 5.35. The second-order valence-electron chi connectivity index (χ2n) is 5.35. The van der Waals surface area contributed by atoms with E-state index in [-0.39, 0.29) is 5.75 Å². The summed E-state index contributed by atoms with van der Waals surface area (Å²) in [6, 6.07) is 8.23. The van der Waals surface area contributed by atoms with Crippen LogP contribution in [0, 0.1) is 0 Å². The highest BCUT2D eigenvalue weighted by Crippen LogP contribution is 2.39. The molecule has 6 nitrogen and oxygen atoms in total. The first kappa shape index (κ1) is 20.9. The van der Waals surface area contributed by atoms with Crippen molar-refractivity contribution in [1.29, 1.82) is 0 Å². The monoisotopic (exact) mass is 397 g/mol. The number of hydrogen-bond acceptors (Lipinski definition) is 5. The predicted molar refractivity (Wildman–Crippen MR) is 96.9 cm³/mol. The van der Waals surface area contributed by atoms with Gasteiger partial charge in [0.15, 0.2) is 11.5 Å². The van der Waals surface area contributed by atoms with Crippen LogP contribution >= 0.6 is 0 Å². The van der Waals surface area contributed by atoms with Crippen molar-refractivity contribution in [2.45, 2.75) is 6.36 Å². The Balaban J connectivity index is 2.07. The third-order valence-corrected chi connectivity index (χ3v) is 3.47. The first-order valence-corrected chi connectivity index (χ1v) is 7.90. The van der Waals surface area contributed by atoms with Gasteiger partial charge < -0.3 is 24.3 Å². The summed E-state index contributed by atoms with van der Waals surface area (Å²) in [7, 11) is 4.37. The van der Waals surface area contributed by atoms with Gasteiger partial charge in [-0.1, -0.05) is 12.1 Å². The van der Waals surface area contributed by atoms with Crippen molar-refractivity contribution in [3.05, 3.63) is 48.0 Å². The Morgan fingerprint density at radius 1 is 0.964 bits per heavy atom. The number of benzene rings is 2. The molecule has 0 saturated heterocycles. The van der Waals surface area contributed by atoms with Crippen molar-refractivity contribution in [3.8, 4) is 23.0 Å². The number of ether oxygens (including phenoxy) is 4. The summed E-state index contributed by atoms with van der Waals surface area (Å²) in [5.41, 5.74) is 0.938. The maximum atomic E-state index is 12.1. The molecule has 0 unspecified atom stereocenters. The molecule has 150 valence electrons. The van der Waals surface area contributed by atoms with E-state index in [4.69, 9.17) is 14.2 Å². The van der Waals surface area contributed by atoms with Gasteiger partial charge in [-0.2, -0.15) is 0 Å². The third-order valence-electron chi connectivity index (χ3n) is 3.47. The molecule has 0 fully saturated rings. The van der Waals surface area contributed by atoms with E-state index in [1.54, 1.807) is 12.1 Å². The number of anilines is 1. The van der Waals surface area contributed by atoms with Gasteiger partial charge in [-0.3, -0.25) is 4.79 Å². The lowest BCUT2D eigenvalue weighted by molar-refractivity contribution is -0.274. The highest BCUT2D eigenvalue weighted by atomic mass is 19.4. The van der Waals surface area contributed by atoms with Crippen LogP contribution < -0.4 is 24.3 Å². The zero-order valence-corrected chi connectivity index (χ0v) is 15.3. The number of carbonyl (C=O) groups is 1. The molecule has 1 amide bonds. The normalized spacial score (nSPS) is 11.2. The van der Waals surface area contributed by atoms with Crippen LogP contribution in [0.1, 0.15) is 5.56 Å². The van der Waals surface area contributed by atoms with Gasteiger partial charge in [-0.25, -0.2) is 0 Å². The van der Waals surface area contributed by atoms with E-state index in [0.29, 0.717) is 28.5 Å². The highest BCUT2D eigenvalue weighted by Gasteiger charge is 2.30. The van der Waals surface area contributed by atoms with Gasteiger partial charge in [-0.05, 0) is 23.8 Å². The van der Waals surface area contributed by atoms with E-state index >= 15 is 0 Å². The van der Waals surface area contributed by atoms with Crippen molar-refractivity contribution >= 4 is 17.7 Å². The summed E-state index contributed by atoms with van der Waals surface area (Å²) >= 11 is 0. The molecule has 2 aromatic carbocycles. The van der Waals surface area contributed by atoms with Gasteiger partial charge >= 0.3 is 6.36 Å². The minimum absolute atomic E-state index is 0.341. The number of methoxy groups -OCH3 is 3. The smallest absolute Gasteiger partial charge is 0.493 e. The van der Waals surface area contributed by atoms with Gasteiger partial charge in [0.1, 0.15) is 5.75 Å². The van der Waals surface area contributed by atoms with E-state index in [1.807, 2.05) is 0 Å². The fourth-order valence-electron chi connectivity index (χ4n) is 2.29. The summed E-state index contributed by atoms with van der Waals surface area (Å²) in [5.74, 6) is 0.346. The van der Waals surface area contributed by atoms with E-state index in [1.165, 1.54) is 45.6 Å². The molecule has 9 heteroatoms. The molecule has 0 radical (unpaired) electrons. The molecular weight excluding hydrogens is 379 g/mol. The molecule has 1 N–H and O–H groups in total. The van der Waals surface area contributed by atoms with Crippen LogP contribution in [0.2, 0.25) is 0 Å². The first-order valence-electron chi connectivity index (χ1n) is 7.90. The molecule has 0 aliphatic heterocycles. The summed E-state index contributed by atoms with van der Waals surface area (Å²) < 4.78 is 55.8. The van der Waals surface area contributed by atoms with Crippen molar-refractivity contribution < 1.29 is 36.9 Å². The zero-order chi connectivity index (χ0) is 20.7. The number of halogens is 3. The molecule has 0 aliphatic carbocycles. The van der Waals surface area contributed by atoms with Crippen LogP contribution in [0.25, 0.3) is 6.08 Å². The van der Waals surface area contributed by atoms with Crippen LogP contribution in [-0.4, -0.2) is 33.6 Å². The molecule has 0 spiro atoms. The van der Waals surface area contributed by atoms with Gasteiger partial charge in [0.05, 0.1) is 21.3 Å². The van der Waals surface area contributed by atoms with Crippen LogP contribution in [0.3, 0.4) is 0 Å². The molecule has 0 aromatic heterocycles. The minimum atomic E-state index is -4.75. The Bertz CT molecular complexity index is 823. The van der Waals surface area contributed by atoms with Gasteiger partial charge in [0.25, 0.3) is 0 Å². The summed E-state index contributed by atoms with van der Waals surface area (Å²) in [6.45, 7) is 0. The molecular formula is C19H18F3NO5. The third kappa shape index (κ3) is 5.83. The van der Waals surface area contributed by atoms with Crippen LogP contribution in [0.15, 0.2) is 42.5 Å². The highest BCUT2D eigenvalue weighted by molar-refractivity contribution is 6.02. The molecule has 0 aliphatic rings. The molecule has 28 heavy (non-hydrogen) atoms. The second kappa shape index (κ2) is 9.03. The van der Waals surface area contributed by atoms with Crippen LogP contribution in [-0.2, 0) is 4.79 Å². The van der Waals surface area contributed by atoms with Crippen LogP contribution in [0.5, 0.6) is 23.0 Å². The minimum Gasteiger partial charge on any atom is -0.493 e. The maximum Gasteiger partial charge on any atom is 0.573 e. The van der Waals surface area contributed by atoms with Gasteiger partial charge in [0.2, 0.25) is 11.7 Å². The number of alkyl halides is 3. The van der Waals surface area contributed by atoms with E-state index in [0.717, 1.165) is 12.1 Å². The average Bonchev–Trinajstić information content (AvgIpc) is 2.65. The summed E-state index contributed by atoms with van der Waals surface area (Å²) in [5, 5.41) is 2.64. The molecule has 0 heterocycles. The van der Waals surface area contributed by atoms with Crippen molar-refractivity contribution in [2.24, 2.45) is 0 Å². The van der Waals surface area contributed by atoms with E-state index in [9.17, 15) is 18.0 Å². The largest absolute Gasteiger partial charge is 0.573 e. The first-order chi connectivity index (χ1) is 13.3. The Morgan fingerprint density at radius 3 is 2.00 bits per heavy atom. The lowest BCUT2D eigenvalue weighted by atomic mass is 10.2. The SMILES string of the molecule is COc1cc(NC(=O)/C=C/c2ccc(OC(F)(F)F)cc2)cc(OC)c1OC. The Hall–Kier alpha value is -3.36. The molecule has 0 atom stereocenters. The van der Waals surface area contributed by atoms with Crippen molar-refractivity contribution in [2.75, 3.05) is 26.6 Å². The molecule has 0 bridgehead atoms. The maximum absolute atomic E-state index is 12.1. The topological polar surface area (TPSA) is 66.0 Å². The number of hydrogen-bond donors (Lipinski definition) is 1.